The maximum atomic E-state index is 11.8. The Morgan fingerprint density at radius 1 is 1.44 bits per heavy atom. The standard InChI is InChI=1S/C12H22N2OS/c13-12(4-1-2-5-12)7-11(15)14-8-10-3-6-16-9-10/h10H,1-9,13H2,(H,14,15). The largest absolute Gasteiger partial charge is 0.356 e. The summed E-state index contributed by atoms with van der Waals surface area (Å²) in [6.45, 7) is 0.849. The second kappa shape index (κ2) is 5.41. The molecular weight excluding hydrogens is 220 g/mol. The molecule has 0 aromatic carbocycles. The summed E-state index contributed by atoms with van der Waals surface area (Å²) in [5.74, 6) is 3.29. The van der Waals surface area contributed by atoms with Gasteiger partial charge < -0.3 is 11.1 Å². The van der Waals surface area contributed by atoms with E-state index < -0.39 is 0 Å². The molecule has 1 aliphatic carbocycles. The van der Waals surface area contributed by atoms with Crippen LogP contribution in [0.25, 0.3) is 0 Å². The van der Waals surface area contributed by atoms with Gasteiger partial charge in [-0.3, -0.25) is 4.79 Å². The molecule has 3 nitrogen and oxygen atoms in total. The van der Waals surface area contributed by atoms with Gasteiger partial charge in [-0.15, -0.1) is 0 Å². The van der Waals surface area contributed by atoms with Crippen LogP contribution in [0.2, 0.25) is 0 Å². The van der Waals surface area contributed by atoms with Gasteiger partial charge in [0.05, 0.1) is 0 Å². The Balaban J connectivity index is 1.67. The SMILES string of the molecule is NC1(CC(=O)NCC2CCSC2)CCCC1. The third kappa shape index (κ3) is 3.39. The lowest BCUT2D eigenvalue weighted by Crippen LogP contribution is -2.43. The van der Waals surface area contributed by atoms with Crippen LogP contribution < -0.4 is 11.1 Å². The van der Waals surface area contributed by atoms with E-state index in [1.54, 1.807) is 0 Å². The molecule has 4 heteroatoms. The van der Waals surface area contributed by atoms with E-state index in [2.05, 4.69) is 5.32 Å². The lowest BCUT2D eigenvalue weighted by molar-refractivity contribution is -0.122. The molecule has 0 radical (unpaired) electrons. The fourth-order valence-electron chi connectivity index (χ4n) is 2.64. The summed E-state index contributed by atoms with van der Waals surface area (Å²) in [6, 6.07) is 0. The zero-order valence-corrected chi connectivity index (χ0v) is 10.7. The lowest BCUT2D eigenvalue weighted by atomic mass is 9.94. The van der Waals surface area contributed by atoms with Crippen molar-refractivity contribution in [2.45, 2.75) is 44.1 Å². The zero-order valence-electron chi connectivity index (χ0n) is 9.84. The van der Waals surface area contributed by atoms with Gasteiger partial charge in [0.15, 0.2) is 0 Å². The van der Waals surface area contributed by atoms with Crippen molar-refractivity contribution in [1.29, 1.82) is 0 Å². The Morgan fingerprint density at radius 2 is 2.19 bits per heavy atom. The summed E-state index contributed by atoms with van der Waals surface area (Å²) < 4.78 is 0. The van der Waals surface area contributed by atoms with Crippen LogP contribution >= 0.6 is 11.8 Å². The summed E-state index contributed by atoms with van der Waals surface area (Å²) in [5.41, 5.74) is 5.98. The molecule has 0 aromatic heterocycles. The third-order valence-electron chi connectivity index (χ3n) is 3.72. The number of hydrogen-bond acceptors (Lipinski definition) is 3. The minimum absolute atomic E-state index is 0.154. The van der Waals surface area contributed by atoms with E-state index in [4.69, 9.17) is 5.73 Å². The molecule has 1 saturated carbocycles. The third-order valence-corrected chi connectivity index (χ3v) is 4.96. The van der Waals surface area contributed by atoms with Crippen LogP contribution in [-0.2, 0) is 4.79 Å². The maximum Gasteiger partial charge on any atom is 0.221 e. The van der Waals surface area contributed by atoms with E-state index in [1.165, 1.54) is 30.8 Å². The van der Waals surface area contributed by atoms with Gasteiger partial charge in [-0.1, -0.05) is 12.8 Å². The van der Waals surface area contributed by atoms with Crippen LogP contribution in [0.15, 0.2) is 0 Å². The monoisotopic (exact) mass is 242 g/mol. The molecule has 3 N–H and O–H groups in total. The smallest absolute Gasteiger partial charge is 0.221 e. The minimum atomic E-state index is -0.200. The summed E-state index contributed by atoms with van der Waals surface area (Å²) in [4.78, 5) is 11.8. The van der Waals surface area contributed by atoms with Crippen molar-refractivity contribution >= 4 is 17.7 Å². The number of rotatable bonds is 4. The number of carbonyl (C=O) groups excluding carboxylic acids is 1. The first-order chi connectivity index (χ1) is 7.68. The van der Waals surface area contributed by atoms with Crippen molar-refractivity contribution < 1.29 is 4.79 Å². The second-order valence-corrected chi connectivity index (χ2v) is 6.43. The average Bonchev–Trinajstić information content (AvgIpc) is 2.86. The van der Waals surface area contributed by atoms with E-state index in [-0.39, 0.29) is 11.4 Å². The Hall–Kier alpha value is -0.220. The Kier molecular flexibility index (Phi) is 4.14. The van der Waals surface area contributed by atoms with Crippen molar-refractivity contribution in [3.63, 3.8) is 0 Å². The highest BCUT2D eigenvalue weighted by Crippen LogP contribution is 2.30. The molecular formula is C12H22N2OS. The van der Waals surface area contributed by atoms with Gasteiger partial charge in [-0.2, -0.15) is 11.8 Å². The molecule has 1 aliphatic heterocycles. The Bertz CT molecular complexity index is 245. The van der Waals surface area contributed by atoms with Crippen molar-refractivity contribution in [3.05, 3.63) is 0 Å². The van der Waals surface area contributed by atoms with Gasteiger partial charge in [-0.25, -0.2) is 0 Å². The van der Waals surface area contributed by atoms with Crippen LogP contribution in [-0.4, -0.2) is 29.5 Å². The van der Waals surface area contributed by atoms with Gasteiger partial charge in [0.1, 0.15) is 0 Å². The number of thioether (sulfide) groups is 1. The van der Waals surface area contributed by atoms with Gasteiger partial charge >= 0.3 is 0 Å². The molecule has 1 heterocycles. The molecule has 0 bridgehead atoms. The first-order valence-electron chi connectivity index (χ1n) is 6.31. The summed E-state index contributed by atoms with van der Waals surface area (Å²) in [5, 5.41) is 3.04. The molecule has 2 rings (SSSR count). The van der Waals surface area contributed by atoms with Gasteiger partial charge in [-0.05, 0) is 36.7 Å². The maximum absolute atomic E-state index is 11.8. The number of carbonyl (C=O) groups is 1. The van der Waals surface area contributed by atoms with Crippen molar-refractivity contribution in [1.82, 2.24) is 5.32 Å². The molecule has 2 aliphatic rings. The molecule has 1 amide bonds. The molecule has 1 saturated heterocycles. The van der Waals surface area contributed by atoms with Crippen molar-refractivity contribution in [2.75, 3.05) is 18.1 Å². The highest BCUT2D eigenvalue weighted by molar-refractivity contribution is 7.99. The van der Waals surface area contributed by atoms with E-state index in [0.29, 0.717) is 12.3 Å². The number of hydrogen-bond donors (Lipinski definition) is 2. The lowest BCUT2D eigenvalue weighted by Gasteiger charge is -2.23. The van der Waals surface area contributed by atoms with Gasteiger partial charge in [0.25, 0.3) is 0 Å². The Morgan fingerprint density at radius 3 is 2.81 bits per heavy atom. The first kappa shape index (κ1) is 12.2. The highest BCUT2D eigenvalue weighted by Gasteiger charge is 2.31. The van der Waals surface area contributed by atoms with E-state index in [9.17, 15) is 4.79 Å². The van der Waals surface area contributed by atoms with Gasteiger partial charge in [0, 0.05) is 18.5 Å². The summed E-state index contributed by atoms with van der Waals surface area (Å²) in [6.07, 6.45) is 6.16. The predicted molar refractivity (Wildman–Crippen MR) is 68.4 cm³/mol. The quantitative estimate of drug-likeness (QED) is 0.786. The number of nitrogens with two attached hydrogens (primary N) is 1. The minimum Gasteiger partial charge on any atom is -0.356 e. The van der Waals surface area contributed by atoms with Crippen molar-refractivity contribution in [2.24, 2.45) is 11.7 Å². The number of amides is 1. The molecule has 0 aromatic rings. The van der Waals surface area contributed by atoms with Crippen LogP contribution in [0.3, 0.4) is 0 Å². The molecule has 16 heavy (non-hydrogen) atoms. The van der Waals surface area contributed by atoms with Crippen LogP contribution in [0.1, 0.15) is 38.5 Å². The van der Waals surface area contributed by atoms with E-state index in [0.717, 1.165) is 19.4 Å². The Labute approximate surface area is 102 Å². The van der Waals surface area contributed by atoms with Crippen LogP contribution in [0.5, 0.6) is 0 Å². The zero-order chi connectivity index (χ0) is 11.4. The number of nitrogens with one attached hydrogen (secondary N) is 1. The highest BCUT2D eigenvalue weighted by atomic mass is 32.2. The van der Waals surface area contributed by atoms with Crippen LogP contribution in [0, 0.1) is 5.92 Å². The second-order valence-electron chi connectivity index (χ2n) is 5.28. The first-order valence-corrected chi connectivity index (χ1v) is 7.47. The van der Waals surface area contributed by atoms with Crippen LogP contribution in [0.4, 0.5) is 0 Å². The van der Waals surface area contributed by atoms with E-state index in [1.807, 2.05) is 11.8 Å². The predicted octanol–water partition coefficient (Wildman–Crippen LogP) is 1.52. The fraction of sp³-hybridized carbons (Fsp3) is 0.917. The molecule has 0 spiro atoms. The average molecular weight is 242 g/mol. The topological polar surface area (TPSA) is 55.1 Å². The molecule has 1 atom stereocenters. The molecule has 2 fully saturated rings. The fourth-order valence-corrected chi connectivity index (χ4v) is 3.93. The molecule has 92 valence electrons. The molecule has 1 unspecified atom stereocenters. The summed E-state index contributed by atoms with van der Waals surface area (Å²) >= 11 is 1.99. The normalized spacial score (nSPS) is 28.2. The summed E-state index contributed by atoms with van der Waals surface area (Å²) in [7, 11) is 0. The van der Waals surface area contributed by atoms with Gasteiger partial charge in [0.2, 0.25) is 5.91 Å². The van der Waals surface area contributed by atoms with E-state index >= 15 is 0 Å². The van der Waals surface area contributed by atoms with Crippen molar-refractivity contribution in [3.8, 4) is 0 Å².